The van der Waals surface area contributed by atoms with Crippen molar-refractivity contribution >= 4 is 17.7 Å². The zero-order valence-electron chi connectivity index (χ0n) is 18.9. The van der Waals surface area contributed by atoms with Crippen LogP contribution >= 0.6 is 0 Å². The molecule has 2 saturated heterocycles. The lowest BCUT2D eigenvalue weighted by Gasteiger charge is -2.39. The first-order chi connectivity index (χ1) is 14.2. The first-order valence-corrected chi connectivity index (χ1v) is 10.7. The monoisotopic (exact) mass is 414 g/mol. The maximum absolute atomic E-state index is 13.6. The Hall–Kier alpha value is -2.25. The fourth-order valence-electron chi connectivity index (χ4n) is 4.53. The first-order valence-electron chi connectivity index (χ1n) is 10.7. The van der Waals surface area contributed by atoms with Crippen LogP contribution in [0.25, 0.3) is 0 Å². The van der Waals surface area contributed by atoms with Crippen molar-refractivity contribution < 1.29 is 14.4 Å². The van der Waals surface area contributed by atoms with Crippen LogP contribution in [-0.4, -0.2) is 97.2 Å². The van der Waals surface area contributed by atoms with E-state index < -0.39 is 5.41 Å². The fraction of sp³-hybridized carbons (Fsp3) is 0.609. The van der Waals surface area contributed by atoms with Crippen LogP contribution in [0.4, 0.5) is 0 Å². The van der Waals surface area contributed by atoms with E-state index >= 15 is 0 Å². The van der Waals surface area contributed by atoms with Crippen molar-refractivity contribution in [2.75, 3.05) is 53.9 Å². The molecule has 2 aliphatic rings. The van der Waals surface area contributed by atoms with Crippen LogP contribution in [0.15, 0.2) is 24.3 Å². The number of likely N-dealkylation sites (tertiary alicyclic amines) is 1. The van der Waals surface area contributed by atoms with Crippen LogP contribution in [-0.2, 0) is 19.8 Å². The largest absolute Gasteiger partial charge is 0.340 e. The summed E-state index contributed by atoms with van der Waals surface area (Å²) in [5.41, 5.74) is 0.622. The Morgan fingerprint density at radius 1 is 1.20 bits per heavy atom. The number of rotatable bonds is 6. The van der Waals surface area contributed by atoms with Crippen LogP contribution in [0.1, 0.15) is 30.9 Å². The maximum atomic E-state index is 13.6. The third-order valence-corrected chi connectivity index (χ3v) is 6.61. The zero-order valence-corrected chi connectivity index (χ0v) is 18.9. The Labute approximate surface area is 179 Å². The van der Waals surface area contributed by atoms with Gasteiger partial charge in [0, 0.05) is 51.6 Å². The van der Waals surface area contributed by atoms with Gasteiger partial charge in [-0.2, -0.15) is 0 Å². The Kier molecular flexibility index (Phi) is 6.62. The lowest BCUT2D eigenvalue weighted by Crippen LogP contribution is -2.53. The number of imide groups is 1. The molecule has 3 rings (SSSR count). The Morgan fingerprint density at radius 3 is 2.53 bits per heavy atom. The predicted octanol–water partition coefficient (Wildman–Crippen LogP) is 1.11. The van der Waals surface area contributed by atoms with E-state index in [9.17, 15) is 14.4 Å². The normalized spacial score (nSPS) is 25.5. The van der Waals surface area contributed by atoms with Crippen LogP contribution < -0.4 is 0 Å². The molecular weight excluding hydrogens is 380 g/mol. The van der Waals surface area contributed by atoms with Gasteiger partial charge in [-0.15, -0.1) is 0 Å². The molecule has 7 heteroatoms. The first kappa shape index (κ1) is 22.4. The van der Waals surface area contributed by atoms with Crippen LogP contribution in [0.5, 0.6) is 0 Å². The molecule has 3 amide bonds. The van der Waals surface area contributed by atoms with Crippen molar-refractivity contribution in [3.63, 3.8) is 0 Å². The van der Waals surface area contributed by atoms with E-state index in [4.69, 9.17) is 0 Å². The molecule has 0 bridgehead atoms. The Balaban J connectivity index is 1.92. The third kappa shape index (κ3) is 4.27. The van der Waals surface area contributed by atoms with Crippen LogP contribution in [0.2, 0.25) is 0 Å². The van der Waals surface area contributed by atoms with Gasteiger partial charge in [-0.3, -0.25) is 19.3 Å². The van der Waals surface area contributed by atoms with Gasteiger partial charge in [0.1, 0.15) is 0 Å². The van der Waals surface area contributed by atoms with Crippen molar-refractivity contribution in [3.8, 4) is 0 Å². The Bertz CT molecular complexity index is 824. The minimum absolute atomic E-state index is 0.0390. The molecule has 2 heterocycles. The van der Waals surface area contributed by atoms with Gasteiger partial charge in [0.05, 0.1) is 5.41 Å². The van der Waals surface area contributed by atoms with Gasteiger partial charge in [-0.25, -0.2) is 0 Å². The highest BCUT2D eigenvalue weighted by Crippen LogP contribution is 2.41. The summed E-state index contributed by atoms with van der Waals surface area (Å²) in [5.74, 6) is -0.474. The number of hydrogen-bond acceptors (Lipinski definition) is 5. The molecular formula is C23H34N4O3. The number of nitrogens with zero attached hydrogens (tertiary/aromatic N) is 4. The number of benzene rings is 1. The summed E-state index contributed by atoms with van der Waals surface area (Å²) in [6.07, 6.45) is 0.0937. The average Bonchev–Trinajstić information content (AvgIpc) is 2.92. The molecule has 0 aromatic heterocycles. The van der Waals surface area contributed by atoms with Crippen molar-refractivity contribution in [2.24, 2.45) is 0 Å². The molecule has 2 fully saturated rings. The van der Waals surface area contributed by atoms with Gasteiger partial charge in [0.25, 0.3) is 0 Å². The average molecular weight is 415 g/mol. The van der Waals surface area contributed by atoms with E-state index in [2.05, 4.69) is 18.9 Å². The molecule has 30 heavy (non-hydrogen) atoms. The number of piperazine rings is 1. The van der Waals surface area contributed by atoms with E-state index in [0.717, 1.165) is 17.7 Å². The number of carbonyl (C=O) groups excluding carboxylic acids is 3. The lowest BCUT2D eigenvalue weighted by atomic mass is 9.74. The minimum Gasteiger partial charge on any atom is -0.340 e. The smallest absolute Gasteiger partial charge is 0.240 e. The second-order valence-electron chi connectivity index (χ2n) is 9.07. The molecule has 0 N–H and O–H groups in total. The quantitative estimate of drug-likeness (QED) is 0.653. The highest BCUT2D eigenvalue weighted by atomic mass is 16.2. The number of hydrogen-bond donors (Lipinski definition) is 0. The molecule has 164 valence electrons. The molecule has 0 saturated carbocycles. The molecule has 1 aromatic carbocycles. The lowest BCUT2D eigenvalue weighted by molar-refractivity contribution is -0.143. The topological polar surface area (TPSA) is 64.2 Å². The summed E-state index contributed by atoms with van der Waals surface area (Å²) in [6, 6.07) is 7.92. The SMILES string of the molecule is Cc1ccccc1C1(CC(=O)N2CCN(C)C(C)C2)CC(=O)N(CCN(C)C)C1=O. The van der Waals surface area contributed by atoms with Crippen LogP contribution in [0.3, 0.4) is 0 Å². The van der Waals surface area contributed by atoms with Gasteiger partial charge >= 0.3 is 0 Å². The summed E-state index contributed by atoms with van der Waals surface area (Å²) >= 11 is 0. The van der Waals surface area contributed by atoms with Crippen molar-refractivity contribution in [1.82, 2.24) is 19.6 Å². The predicted molar refractivity (Wildman–Crippen MR) is 116 cm³/mol. The van der Waals surface area contributed by atoms with Crippen LogP contribution in [0, 0.1) is 6.92 Å². The summed E-state index contributed by atoms with van der Waals surface area (Å²) in [7, 11) is 5.89. The second-order valence-corrected chi connectivity index (χ2v) is 9.07. The highest BCUT2D eigenvalue weighted by Gasteiger charge is 2.54. The molecule has 2 aliphatic heterocycles. The van der Waals surface area contributed by atoms with Crippen molar-refractivity contribution in [1.29, 1.82) is 0 Å². The molecule has 2 atom stereocenters. The number of aryl methyl sites for hydroxylation is 1. The molecule has 0 aliphatic carbocycles. The van der Waals surface area contributed by atoms with Crippen molar-refractivity contribution in [3.05, 3.63) is 35.4 Å². The van der Waals surface area contributed by atoms with Gasteiger partial charge in [0.15, 0.2) is 0 Å². The number of likely N-dealkylation sites (N-methyl/N-ethyl adjacent to an activating group) is 2. The van der Waals surface area contributed by atoms with Gasteiger partial charge < -0.3 is 14.7 Å². The standard InChI is InChI=1S/C23H34N4O3/c1-17-8-6-7-9-19(17)23(14-20(28)26-12-11-25(5)18(2)16-26)15-21(29)27(22(23)30)13-10-24(3)4/h6-9,18H,10-16H2,1-5H3. The van der Waals surface area contributed by atoms with Crippen molar-refractivity contribution in [2.45, 2.75) is 38.1 Å². The van der Waals surface area contributed by atoms with Gasteiger partial charge in [-0.1, -0.05) is 24.3 Å². The molecule has 0 radical (unpaired) electrons. The van der Waals surface area contributed by atoms with E-state index in [1.54, 1.807) is 0 Å². The summed E-state index contributed by atoms with van der Waals surface area (Å²) < 4.78 is 0. The molecule has 2 unspecified atom stereocenters. The highest BCUT2D eigenvalue weighted by molar-refractivity contribution is 6.11. The number of carbonyl (C=O) groups is 3. The molecule has 7 nitrogen and oxygen atoms in total. The minimum atomic E-state index is -1.11. The third-order valence-electron chi connectivity index (χ3n) is 6.61. The molecule has 0 spiro atoms. The van der Waals surface area contributed by atoms with E-state index in [-0.39, 0.29) is 36.6 Å². The number of amides is 3. The summed E-state index contributed by atoms with van der Waals surface area (Å²) in [4.78, 5) is 47.3. The molecule has 1 aromatic rings. The van der Waals surface area contributed by atoms with E-state index in [0.29, 0.717) is 26.2 Å². The van der Waals surface area contributed by atoms with Gasteiger partial charge in [0.2, 0.25) is 17.7 Å². The van der Waals surface area contributed by atoms with Gasteiger partial charge in [-0.05, 0) is 46.1 Å². The maximum Gasteiger partial charge on any atom is 0.240 e. The fourth-order valence-corrected chi connectivity index (χ4v) is 4.53. The summed E-state index contributed by atoms with van der Waals surface area (Å²) in [5, 5.41) is 0. The second kappa shape index (κ2) is 8.86. The zero-order chi connectivity index (χ0) is 22.1. The van der Waals surface area contributed by atoms with E-state index in [1.165, 1.54) is 4.90 Å². The Morgan fingerprint density at radius 2 is 1.90 bits per heavy atom. The van der Waals surface area contributed by atoms with E-state index in [1.807, 2.05) is 55.1 Å². The summed E-state index contributed by atoms with van der Waals surface area (Å²) in [6.45, 7) is 7.10.